The van der Waals surface area contributed by atoms with Crippen molar-refractivity contribution in [3.8, 4) is 0 Å². The van der Waals surface area contributed by atoms with E-state index in [1.807, 2.05) is 0 Å². The van der Waals surface area contributed by atoms with Crippen LogP contribution in [-0.4, -0.2) is 43.4 Å². The molecule has 0 aromatic carbocycles. The Labute approximate surface area is 114 Å². The molecule has 1 aromatic heterocycles. The molecule has 12 heteroatoms. The van der Waals surface area contributed by atoms with Crippen LogP contribution in [0.2, 0.25) is 5.28 Å². The van der Waals surface area contributed by atoms with Crippen molar-refractivity contribution in [2.24, 2.45) is 0 Å². The number of rotatable bonds is 6. The SMILES string of the molecule is COP(=O)(OC)c1nc(Cl)nc(P(=O)(OC)OC)n1. The summed E-state index contributed by atoms with van der Waals surface area (Å²) < 4.78 is 43.1. The van der Waals surface area contributed by atoms with Crippen molar-refractivity contribution in [2.75, 3.05) is 28.4 Å². The zero-order valence-corrected chi connectivity index (χ0v) is 13.1. The summed E-state index contributed by atoms with van der Waals surface area (Å²) in [5.74, 6) is 0. The van der Waals surface area contributed by atoms with Crippen LogP contribution in [0.15, 0.2) is 0 Å². The van der Waals surface area contributed by atoms with E-state index in [0.29, 0.717) is 0 Å². The first-order valence-electron chi connectivity index (χ1n) is 4.71. The van der Waals surface area contributed by atoms with Crippen LogP contribution in [0.3, 0.4) is 0 Å². The zero-order chi connectivity index (χ0) is 14.7. The molecule has 0 saturated heterocycles. The lowest BCUT2D eigenvalue weighted by atomic mass is 11.1. The predicted octanol–water partition coefficient (Wildman–Crippen LogP) is 0.747. The van der Waals surface area contributed by atoms with Crippen molar-refractivity contribution in [1.29, 1.82) is 0 Å². The zero-order valence-electron chi connectivity index (χ0n) is 10.6. The van der Waals surface area contributed by atoms with Crippen molar-refractivity contribution < 1.29 is 27.2 Å². The van der Waals surface area contributed by atoms with Crippen LogP contribution in [0.25, 0.3) is 0 Å². The highest BCUT2D eigenvalue weighted by Gasteiger charge is 2.35. The van der Waals surface area contributed by atoms with E-state index >= 15 is 0 Å². The smallest absolute Gasteiger partial charge is 0.306 e. The summed E-state index contributed by atoms with van der Waals surface area (Å²) in [6.07, 6.45) is 0. The molecule has 0 aliphatic rings. The molecule has 1 rings (SSSR count). The Morgan fingerprint density at radius 3 is 1.37 bits per heavy atom. The molecule has 1 aromatic rings. The lowest BCUT2D eigenvalue weighted by Gasteiger charge is -2.15. The summed E-state index contributed by atoms with van der Waals surface area (Å²) in [4.78, 5) is 11.0. The number of nitrogens with zero attached hydrogens (tertiary/aromatic N) is 3. The lowest BCUT2D eigenvalue weighted by molar-refractivity contribution is 0.284. The molecule has 9 nitrogen and oxygen atoms in total. The Bertz CT molecular complexity index is 495. The summed E-state index contributed by atoms with van der Waals surface area (Å²) in [6, 6.07) is 0. The van der Waals surface area contributed by atoms with Crippen LogP contribution in [0.5, 0.6) is 0 Å². The van der Waals surface area contributed by atoms with Crippen molar-refractivity contribution in [2.45, 2.75) is 0 Å². The molecule has 0 aliphatic carbocycles. The molecule has 0 bridgehead atoms. The topological polar surface area (TPSA) is 110 Å². The maximum absolute atomic E-state index is 12.1. The Kier molecular flexibility index (Phi) is 5.58. The fourth-order valence-corrected chi connectivity index (χ4v) is 3.23. The quantitative estimate of drug-likeness (QED) is 0.697. The molecular formula is C7H12ClN3O6P2. The van der Waals surface area contributed by atoms with Gasteiger partial charge in [0.1, 0.15) is 0 Å². The number of aromatic nitrogens is 3. The van der Waals surface area contributed by atoms with Gasteiger partial charge in [-0.1, -0.05) is 0 Å². The van der Waals surface area contributed by atoms with Crippen LogP contribution in [0, 0.1) is 0 Å². The van der Waals surface area contributed by atoms with Gasteiger partial charge >= 0.3 is 15.2 Å². The van der Waals surface area contributed by atoms with Crippen LogP contribution in [0.4, 0.5) is 0 Å². The van der Waals surface area contributed by atoms with E-state index in [4.69, 9.17) is 29.7 Å². The second-order valence-corrected chi connectivity index (χ2v) is 7.52. The Morgan fingerprint density at radius 2 is 1.11 bits per heavy atom. The van der Waals surface area contributed by atoms with Gasteiger partial charge < -0.3 is 18.1 Å². The predicted molar refractivity (Wildman–Crippen MR) is 67.4 cm³/mol. The third-order valence-corrected chi connectivity index (χ3v) is 5.51. The molecule has 0 atom stereocenters. The monoisotopic (exact) mass is 331 g/mol. The van der Waals surface area contributed by atoms with E-state index in [-0.39, 0.29) is 16.4 Å². The molecule has 19 heavy (non-hydrogen) atoms. The van der Waals surface area contributed by atoms with Gasteiger partial charge in [-0.05, 0) is 11.6 Å². The summed E-state index contributed by atoms with van der Waals surface area (Å²) in [5.41, 5.74) is -0.774. The fraction of sp³-hybridized carbons (Fsp3) is 0.571. The standard InChI is InChI=1S/C7H12ClN3O6P2/c1-14-18(12,15-2)6-9-5(8)10-7(11-6)19(13,16-3)17-4/h1-4H3. The largest absolute Gasteiger partial charge is 0.398 e. The highest BCUT2D eigenvalue weighted by molar-refractivity contribution is 7.62. The number of hydrogen-bond acceptors (Lipinski definition) is 9. The first-order chi connectivity index (χ1) is 8.85. The van der Waals surface area contributed by atoms with E-state index in [9.17, 15) is 9.13 Å². The molecule has 0 saturated carbocycles. The Balaban J connectivity index is 3.45. The summed E-state index contributed by atoms with van der Waals surface area (Å²) in [6.45, 7) is 0. The van der Waals surface area contributed by atoms with E-state index in [2.05, 4.69) is 15.0 Å². The highest BCUT2D eigenvalue weighted by atomic mass is 35.5. The Morgan fingerprint density at radius 1 is 0.789 bits per heavy atom. The summed E-state index contributed by atoms with van der Waals surface area (Å²) in [7, 11) is -2.93. The van der Waals surface area contributed by atoms with E-state index in [0.717, 1.165) is 28.4 Å². The second-order valence-electron chi connectivity index (χ2n) is 2.93. The van der Waals surface area contributed by atoms with Crippen LogP contribution in [0.1, 0.15) is 0 Å². The highest BCUT2D eigenvalue weighted by Crippen LogP contribution is 2.46. The number of hydrogen-bond donors (Lipinski definition) is 0. The third-order valence-electron chi connectivity index (χ3n) is 2.04. The molecule has 0 fully saturated rings. The van der Waals surface area contributed by atoms with Crippen LogP contribution >= 0.6 is 26.8 Å². The van der Waals surface area contributed by atoms with E-state index in [1.165, 1.54) is 0 Å². The van der Waals surface area contributed by atoms with Crippen molar-refractivity contribution in [3.63, 3.8) is 0 Å². The molecule has 0 N–H and O–H groups in total. The minimum atomic E-state index is -3.76. The van der Waals surface area contributed by atoms with Gasteiger partial charge in [-0.2, -0.15) is 15.0 Å². The van der Waals surface area contributed by atoms with Crippen molar-refractivity contribution >= 4 is 37.9 Å². The average molecular weight is 332 g/mol. The average Bonchev–Trinajstić information content (AvgIpc) is 2.44. The maximum Gasteiger partial charge on any atom is 0.398 e. The van der Waals surface area contributed by atoms with Gasteiger partial charge in [-0.25, -0.2) is 0 Å². The minimum Gasteiger partial charge on any atom is -0.306 e. The van der Waals surface area contributed by atoms with Gasteiger partial charge in [0.05, 0.1) is 0 Å². The summed E-state index contributed by atoms with van der Waals surface area (Å²) in [5, 5.41) is -0.344. The van der Waals surface area contributed by atoms with Gasteiger partial charge in [0.2, 0.25) is 16.4 Å². The molecule has 0 spiro atoms. The molecule has 0 radical (unpaired) electrons. The molecular weight excluding hydrogens is 319 g/mol. The molecule has 0 aliphatic heterocycles. The van der Waals surface area contributed by atoms with Gasteiger partial charge in [-0.3, -0.25) is 9.13 Å². The molecule has 108 valence electrons. The van der Waals surface area contributed by atoms with Gasteiger partial charge in [0, 0.05) is 28.4 Å². The van der Waals surface area contributed by atoms with Gasteiger partial charge in [-0.15, -0.1) is 0 Å². The van der Waals surface area contributed by atoms with Crippen molar-refractivity contribution in [1.82, 2.24) is 15.0 Å². The van der Waals surface area contributed by atoms with Gasteiger partial charge in [0.25, 0.3) is 0 Å². The normalized spacial score (nSPS) is 12.7. The van der Waals surface area contributed by atoms with E-state index < -0.39 is 15.2 Å². The third kappa shape index (κ3) is 3.38. The molecule has 0 amide bonds. The fourth-order valence-electron chi connectivity index (χ4n) is 1.05. The molecule has 1 heterocycles. The lowest BCUT2D eigenvalue weighted by Crippen LogP contribution is -2.28. The Hall–Kier alpha value is -0.400. The summed E-state index contributed by atoms with van der Waals surface area (Å²) >= 11 is 5.66. The first-order valence-corrected chi connectivity index (χ1v) is 8.17. The second kappa shape index (κ2) is 6.37. The minimum absolute atomic E-state index is 0.344. The molecule has 0 unspecified atom stereocenters. The number of halogens is 1. The maximum atomic E-state index is 12.1. The van der Waals surface area contributed by atoms with Crippen LogP contribution in [-0.2, 0) is 27.2 Å². The van der Waals surface area contributed by atoms with Crippen LogP contribution < -0.4 is 11.1 Å². The first kappa shape index (κ1) is 16.7. The van der Waals surface area contributed by atoms with Gasteiger partial charge in [0.15, 0.2) is 0 Å². The van der Waals surface area contributed by atoms with E-state index in [1.54, 1.807) is 0 Å². The van der Waals surface area contributed by atoms with Crippen molar-refractivity contribution in [3.05, 3.63) is 5.28 Å².